The van der Waals surface area contributed by atoms with E-state index in [9.17, 15) is 18.8 Å². The van der Waals surface area contributed by atoms with Crippen LogP contribution in [0, 0.1) is 5.82 Å². The van der Waals surface area contributed by atoms with E-state index in [0.29, 0.717) is 17.0 Å². The number of rotatable bonds is 4. The Hall–Kier alpha value is -3.28. The van der Waals surface area contributed by atoms with E-state index in [2.05, 4.69) is 19.2 Å². The number of barbiturate groups is 1. The topological polar surface area (TPSA) is 66.5 Å². The maximum atomic E-state index is 13.0. The molecule has 0 aromatic heterocycles. The summed E-state index contributed by atoms with van der Waals surface area (Å²) in [4.78, 5) is 37.8. The number of amides is 4. The highest BCUT2D eigenvalue weighted by Crippen LogP contribution is 2.19. The summed E-state index contributed by atoms with van der Waals surface area (Å²) < 4.78 is 13.0. The monoisotopic (exact) mass is 366 g/mol. The second-order valence-corrected chi connectivity index (χ2v) is 6.66. The van der Waals surface area contributed by atoms with Crippen molar-refractivity contribution in [2.45, 2.75) is 26.3 Å². The summed E-state index contributed by atoms with van der Waals surface area (Å²) in [7, 11) is 0. The van der Waals surface area contributed by atoms with Crippen LogP contribution in [-0.4, -0.2) is 22.7 Å². The molecule has 0 radical (unpaired) electrons. The molecule has 1 N–H and O–H groups in total. The van der Waals surface area contributed by atoms with Crippen molar-refractivity contribution >= 4 is 23.9 Å². The molecule has 2 aromatic carbocycles. The lowest BCUT2D eigenvalue weighted by molar-refractivity contribution is -0.130. The molecular weight excluding hydrogens is 347 g/mol. The van der Waals surface area contributed by atoms with Gasteiger partial charge < -0.3 is 0 Å². The first-order valence-electron chi connectivity index (χ1n) is 8.58. The Bertz CT molecular complexity index is 915. The molecule has 6 heteroatoms. The van der Waals surface area contributed by atoms with E-state index < -0.39 is 23.7 Å². The normalized spacial score (nSPS) is 16.2. The smallest absolute Gasteiger partial charge is 0.273 e. The quantitative estimate of drug-likeness (QED) is 0.664. The number of hydrogen-bond donors (Lipinski definition) is 1. The first-order valence-corrected chi connectivity index (χ1v) is 8.58. The highest BCUT2D eigenvalue weighted by molar-refractivity contribution is 6.30. The summed E-state index contributed by atoms with van der Waals surface area (Å²) in [5.74, 6) is -1.45. The number of carbonyl (C=O) groups is 3. The Labute approximate surface area is 156 Å². The number of halogens is 1. The number of nitrogens with one attached hydrogen (secondary N) is 1. The molecular formula is C21H19FN2O3. The number of hydrogen-bond acceptors (Lipinski definition) is 3. The fourth-order valence-corrected chi connectivity index (χ4v) is 2.75. The van der Waals surface area contributed by atoms with Gasteiger partial charge in [0.1, 0.15) is 11.4 Å². The number of imide groups is 2. The van der Waals surface area contributed by atoms with Crippen molar-refractivity contribution in [2.24, 2.45) is 0 Å². The van der Waals surface area contributed by atoms with E-state index in [1.54, 1.807) is 0 Å². The summed E-state index contributed by atoms with van der Waals surface area (Å²) in [5, 5.41) is 2.18. The van der Waals surface area contributed by atoms with Crippen LogP contribution in [0.1, 0.15) is 36.5 Å². The van der Waals surface area contributed by atoms with Crippen molar-refractivity contribution in [1.29, 1.82) is 0 Å². The number of urea groups is 1. The van der Waals surface area contributed by atoms with Crippen LogP contribution >= 0.6 is 0 Å². The lowest BCUT2D eigenvalue weighted by Crippen LogP contribution is -2.53. The molecule has 5 nitrogen and oxygen atoms in total. The van der Waals surface area contributed by atoms with E-state index in [-0.39, 0.29) is 12.1 Å². The van der Waals surface area contributed by atoms with E-state index in [4.69, 9.17) is 0 Å². The molecule has 1 fully saturated rings. The van der Waals surface area contributed by atoms with Crippen LogP contribution in [0.25, 0.3) is 6.08 Å². The largest absolute Gasteiger partial charge is 0.331 e. The second-order valence-electron chi connectivity index (χ2n) is 6.66. The highest BCUT2D eigenvalue weighted by atomic mass is 19.1. The fourth-order valence-electron chi connectivity index (χ4n) is 2.75. The summed E-state index contributed by atoms with van der Waals surface area (Å²) in [5.41, 5.74) is 2.29. The molecule has 2 aromatic rings. The summed E-state index contributed by atoms with van der Waals surface area (Å²) in [6.07, 6.45) is 1.46. The minimum atomic E-state index is -0.790. The van der Waals surface area contributed by atoms with E-state index in [0.717, 1.165) is 10.5 Å². The van der Waals surface area contributed by atoms with Crippen molar-refractivity contribution in [1.82, 2.24) is 10.2 Å². The van der Waals surface area contributed by atoms with Crippen molar-refractivity contribution in [3.8, 4) is 0 Å². The second kappa shape index (κ2) is 7.53. The Morgan fingerprint density at radius 3 is 2.22 bits per heavy atom. The van der Waals surface area contributed by atoms with Gasteiger partial charge in [-0.05, 0) is 40.8 Å². The summed E-state index contributed by atoms with van der Waals surface area (Å²) in [6, 6.07) is 12.2. The van der Waals surface area contributed by atoms with Crippen LogP contribution in [0.2, 0.25) is 0 Å². The van der Waals surface area contributed by atoms with Crippen LogP contribution in [0.5, 0.6) is 0 Å². The molecule has 0 spiro atoms. The first-order chi connectivity index (χ1) is 12.8. The van der Waals surface area contributed by atoms with Crippen LogP contribution in [0.15, 0.2) is 54.1 Å². The van der Waals surface area contributed by atoms with Crippen LogP contribution in [-0.2, 0) is 16.1 Å². The average Bonchev–Trinajstić information content (AvgIpc) is 2.64. The number of carbonyl (C=O) groups excluding carboxylic acids is 3. The molecule has 3 rings (SSSR count). The first kappa shape index (κ1) is 18.5. The fraction of sp³-hybridized carbons (Fsp3) is 0.190. The Morgan fingerprint density at radius 1 is 1.00 bits per heavy atom. The predicted molar refractivity (Wildman–Crippen MR) is 99.0 cm³/mol. The van der Waals surface area contributed by atoms with Gasteiger partial charge in [-0.15, -0.1) is 0 Å². The summed E-state index contributed by atoms with van der Waals surface area (Å²) in [6.45, 7) is 4.09. The van der Waals surface area contributed by atoms with Gasteiger partial charge in [0.2, 0.25) is 0 Å². The molecule has 27 heavy (non-hydrogen) atoms. The van der Waals surface area contributed by atoms with Crippen LogP contribution in [0.4, 0.5) is 9.18 Å². The molecule has 1 heterocycles. The van der Waals surface area contributed by atoms with Crippen molar-refractivity contribution in [3.05, 3.63) is 76.6 Å². The third-order valence-corrected chi connectivity index (χ3v) is 4.35. The van der Waals surface area contributed by atoms with Crippen molar-refractivity contribution < 1.29 is 18.8 Å². The molecule has 1 aliphatic rings. The maximum absolute atomic E-state index is 13.0. The number of nitrogens with zero attached hydrogens (tertiary/aromatic N) is 1. The zero-order valence-corrected chi connectivity index (χ0v) is 15.0. The van der Waals surface area contributed by atoms with Gasteiger partial charge >= 0.3 is 6.03 Å². The molecule has 0 saturated carbocycles. The Morgan fingerprint density at radius 2 is 1.63 bits per heavy atom. The van der Waals surface area contributed by atoms with Gasteiger partial charge in [-0.3, -0.25) is 19.8 Å². The van der Waals surface area contributed by atoms with E-state index >= 15 is 0 Å². The van der Waals surface area contributed by atoms with Gasteiger partial charge in [0.25, 0.3) is 11.8 Å². The highest BCUT2D eigenvalue weighted by Gasteiger charge is 2.35. The van der Waals surface area contributed by atoms with Gasteiger partial charge in [-0.1, -0.05) is 50.2 Å². The molecule has 0 bridgehead atoms. The Kier molecular flexibility index (Phi) is 5.16. The lowest BCUT2D eigenvalue weighted by atomic mass is 10.0. The van der Waals surface area contributed by atoms with Gasteiger partial charge in [0, 0.05) is 0 Å². The van der Waals surface area contributed by atoms with E-state index in [1.165, 1.54) is 30.3 Å². The SMILES string of the molecule is CC(C)c1ccc(/C=C2/C(=O)NC(=O)N(Cc3ccc(F)cc3)C2=O)cc1. The van der Waals surface area contributed by atoms with Gasteiger partial charge in [0.15, 0.2) is 0 Å². The third-order valence-electron chi connectivity index (χ3n) is 4.35. The van der Waals surface area contributed by atoms with E-state index in [1.807, 2.05) is 24.3 Å². The van der Waals surface area contributed by atoms with Crippen molar-refractivity contribution in [3.63, 3.8) is 0 Å². The molecule has 0 atom stereocenters. The average molecular weight is 366 g/mol. The molecule has 1 saturated heterocycles. The minimum absolute atomic E-state index is 0.0537. The zero-order chi connectivity index (χ0) is 19.6. The summed E-state index contributed by atoms with van der Waals surface area (Å²) >= 11 is 0. The molecule has 1 aliphatic heterocycles. The van der Waals surface area contributed by atoms with Crippen molar-refractivity contribution in [2.75, 3.05) is 0 Å². The third kappa shape index (κ3) is 4.11. The Balaban J connectivity index is 1.86. The van der Waals surface area contributed by atoms with Crippen LogP contribution in [0.3, 0.4) is 0 Å². The molecule has 0 unspecified atom stereocenters. The van der Waals surface area contributed by atoms with Gasteiger partial charge in [-0.2, -0.15) is 0 Å². The minimum Gasteiger partial charge on any atom is -0.273 e. The standard InChI is InChI=1S/C21H19FN2O3/c1-13(2)16-7-3-14(4-8-16)11-18-19(25)23-21(27)24(20(18)26)12-15-5-9-17(22)10-6-15/h3-11,13H,12H2,1-2H3,(H,23,25,27)/b18-11-. The van der Waals surface area contributed by atoms with Gasteiger partial charge in [0.05, 0.1) is 6.54 Å². The number of benzene rings is 2. The lowest BCUT2D eigenvalue weighted by Gasteiger charge is -2.26. The maximum Gasteiger partial charge on any atom is 0.331 e. The molecule has 138 valence electrons. The molecule has 4 amide bonds. The van der Waals surface area contributed by atoms with Gasteiger partial charge in [-0.25, -0.2) is 9.18 Å². The predicted octanol–water partition coefficient (Wildman–Crippen LogP) is 3.61. The molecule has 0 aliphatic carbocycles. The van der Waals surface area contributed by atoms with Crippen LogP contribution < -0.4 is 5.32 Å². The zero-order valence-electron chi connectivity index (χ0n) is 15.0.